The van der Waals surface area contributed by atoms with Crippen molar-refractivity contribution in [3.63, 3.8) is 0 Å². The van der Waals surface area contributed by atoms with Crippen molar-refractivity contribution in [2.45, 2.75) is 6.92 Å². The molecule has 1 heterocycles. The SMILES string of the molecule is CC(CN)C(=O)Nc1cccc(-n2cccn2)c1. The van der Waals surface area contributed by atoms with Crippen LogP contribution >= 0.6 is 0 Å². The van der Waals surface area contributed by atoms with E-state index in [-0.39, 0.29) is 11.8 Å². The number of amides is 1. The lowest BCUT2D eigenvalue weighted by Gasteiger charge is -2.11. The van der Waals surface area contributed by atoms with Gasteiger partial charge >= 0.3 is 0 Å². The number of carbonyl (C=O) groups is 1. The maximum atomic E-state index is 11.7. The second kappa shape index (κ2) is 5.46. The van der Waals surface area contributed by atoms with Crippen molar-refractivity contribution in [2.75, 3.05) is 11.9 Å². The molecule has 1 aromatic carbocycles. The van der Waals surface area contributed by atoms with Crippen LogP contribution in [0, 0.1) is 5.92 Å². The second-order valence-corrected chi connectivity index (χ2v) is 4.13. The summed E-state index contributed by atoms with van der Waals surface area (Å²) in [5, 5.41) is 6.98. The monoisotopic (exact) mass is 244 g/mol. The first-order chi connectivity index (χ1) is 8.70. The molecule has 2 rings (SSSR count). The molecule has 0 aliphatic rings. The van der Waals surface area contributed by atoms with Gasteiger partial charge in [0, 0.05) is 30.5 Å². The van der Waals surface area contributed by atoms with E-state index in [0.717, 1.165) is 11.4 Å². The summed E-state index contributed by atoms with van der Waals surface area (Å²) in [6.45, 7) is 2.14. The molecule has 1 amide bonds. The smallest absolute Gasteiger partial charge is 0.228 e. The number of aromatic nitrogens is 2. The van der Waals surface area contributed by atoms with Gasteiger partial charge in [0.25, 0.3) is 0 Å². The minimum atomic E-state index is -0.196. The maximum Gasteiger partial charge on any atom is 0.228 e. The van der Waals surface area contributed by atoms with Crippen molar-refractivity contribution in [1.29, 1.82) is 0 Å². The molecule has 1 atom stereocenters. The van der Waals surface area contributed by atoms with E-state index in [0.29, 0.717) is 6.54 Å². The highest BCUT2D eigenvalue weighted by atomic mass is 16.1. The van der Waals surface area contributed by atoms with Crippen molar-refractivity contribution in [1.82, 2.24) is 9.78 Å². The van der Waals surface area contributed by atoms with Gasteiger partial charge in [-0.1, -0.05) is 13.0 Å². The summed E-state index contributed by atoms with van der Waals surface area (Å²) in [6, 6.07) is 9.36. The van der Waals surface area contributed by atoms with E-state index in [1.54, 1.807) is 17.8 Å². The number of anilines is 1. The zero-order chi connectivity index (χ0) is 13.0. The minimum Gasteiger partial charge on any atom is -0.330 e. The molecule has 0 aliphatic heterocycles. The van der Waals surface area contributed by atoms with Crippen LogP contribution in [0.25, 0.3) is 5.69 Å². The van der Waals surface area contributed by atoms with Crippen LogP contribution in [-0.2, 0) is 4.79 Å². The number of nitrogens with two attached hydrogens (primary N) is 1. The molecular weight excluding hydrogens is 228 g/mol. The first kappa shape index (κ1) is 12.3. The fourth-order valence-electron chi connectivity index (χ4n) is 1.52. The Labute approximate surface area is 106 Å². The summed E-state index contributed by atoms with van der Waals surface area (Å²) in [4.78, 5) is 11.7. The van der Waals surface area contributed by atoms with Crippen molar-refractivity contribution in [3.8, 4) is 5.69 Å². The Hall–Kier alpha value is -2.14. The highest BCUT2D eigenvalue weighted by molar-refractivity contribution is 5.92. The van der Waals surface area contributed by atoms with E-state index in [4.69, 9.17) is 5.73 Å². The Morgan fingerprint density at radius 1 is 1.50 bits per heavy atom. The number of carbonyl (C=O) groups excluding carboxylic acids is 1. The van der Waals surface area contributed by atoms with Gasteiger partial charge in [-0.05, 0) is 24.3 Å². The second-order valence-electron chi connectivity index (χ2n) is 4.13. The first-order valence-corrected chi connectivity index (χ1v) is 5.81. The largest absolute Gasteiger partial charge is 0.330 e. The number of nitrogens with zero attached hydrogens (tertiary/aromatic N) is 2. The number of hydrogen-bond donors (Lipinski definition) is 2. The third kappa shape index (κ3) is 2.75. The van der Waals surface area contributed by atoms with Gasteiger partial charge in [0.1, 0.15) is 0 Å². The van der Waals surface area contributed by atoms with Gasteiger partial charge in [0.05, 0.1) is 5.69 Å². The van der Waals surface area contributed by atoms with Crippen LogP contribution in [0.3, 0.4) is 0 Å². The molecule has 3 N–H and O–H groups in total. The van der Waals surface area contributed by atoms with Crippen molar-refractivity contribution < 1.29 is 4.79 Å². The summed E-state index contributed by atoms with van der Waals surface area (Å²) in [5.41, 5.74) is 7.10. The van der Waals surface area contributed by atoms with E-state index in [1.807, 2.05) is 36.5 Å². The van der Waals surface area contributed by atoms with Crippen molar-refractivity contribution in [2.24, 2.45) is 11.7 Å². The highest BCUT2D eigenvalue weighted by Gasteiger charge is 2.10. The Bertz CT molecular complexity index is 522. The Balaban J connectivity index is 2.16. The fraction of sp³-hybridized carbons (Fsp3) is 0.231. The van der Waals surface area contributed by atoms with E-state index in [2.05, 4.69) is 10.4 Å². The van der Waals surface area contributed by atoms with Crippen LogP contribution < -0.4 is 11.1 Å². The quantitative estimate of drug-likeness (QED) is 0.854. The standard InChI is InChI=1S/C13H16N4O/c1-10(9-14)13(18)16-11-4-2-5-12(8-11)17-7-3-6-15-17/h2-8,10H,9,14H2,1H3,(H,16,18). The zero-order valence-electron chi connectivity index (χ0n) is 10.2. The normalized spacial score (nSPS) is 12.1. The maximum absolute atomic E-state index is 11.7. The first-order valence-electron chi connectivity index (χ1n) is 5.81. The van der Waals surface area contributed by atoms with Gasteiger partial charge in [-0.3, -0.25) is 4.79 Å². The molecule has 0 saturated heterocycles. The average Bonchev–Trinajstić information content (AvgIpc) is 2.92. The van der Waals surface area contributed by atoms with Gasteiger partial charge in [0.2, 0.25) is 5.91 Å². The minimum absolute atomic E-state index is 0.0740. The molecule has 2 aromatic rings. The van der Waals surface area contributed by atoms with Crippen molar-refractivity contribution in [3.05, 3.63) is 42.7 Å². The lowest BCUT2D eigenvalue weighted by molar-refractivity contribution is -0.119. The summed E-state index contributed by atoms with van der Waals surface area (Å²) in [5.74, 6) is -0.270. The zero-order valence-corrected chi connectivity index (χ0v) is 10.2. The Morgan fingerprint density at radius 2 is 2.33 bits per heavy atom. The molecule has 18 heavy (non-hydrogen) atoms. The molecule has 5 nitrogen and oxygen atoms in total. The van der Waals surface area contributed by atoms with Gasteiger partial charge in [-0.2, -0.15) is 5.10 Å². The number of rotatable bonds is 4. The van der Waals surface area contributed by atoms with Crippen LogP contribution in [0.1, 0.15) is 6.92 Å². The van der Waals surface area contributed by atoms with E-state index in [9.17, 15) is 4.79 Å². The topological polar surface area (TPSA) is 72.9 Å². The Morgan fingerprint density at radius 3 is 3.00 bits per heavy atom. The molecule has 1 unspecified atom stereocenters. The molecule has 0 radical (unpaired) electrons. The van der Waals surface area contributed by atoms with Gasteiger partial charge in [-0.25, -0.2) is 4.68 Å². The molecule has 94 valence electrons. The molecular formula is C13H16N4O. The van der Waals surface area contributed by atoms with Crippen LogP contribution in [0.4, 0.5) is 5.69 Å². The average molecular weight is 244 g/mol. The number of hydrogen-bond acceptors (Lipinski definition) is 3. The summed E-state index contributed by atoms with van der Waals surface area (Å²) < 4.78 is 1.74. The summed E-state index contributed by atoms with van der Waals surface area (Å²) >= 11 is 0. The summed E-state index contributed by atoms with van der Waals surface area (Å²) in [7, 11) is 0. The van der Waals surface area contributed by atoms with E-state index < -0.39 is 0 Å². The third-order valence-electron chi connectivity index (χ3n) is 2.68. The summed E-state index contributed by atoms with van der Waals surface area (Å²) in [6.07, 6.45) is 3.56. The molecule has 0 saturated carbocycles. The number of nitrogens with one attached hydrogen (secondary N) is 1. The molecule has 0 aliphatic carbocycles. The fourth-order valence-corrected chi connectivity index (χ4v) is 1.52. The predicted molar refractivity (Wildman–Crippen MR) is 70.4 cm³/mol. The van der Waals surface area contributed by atoms with Crippen LogP contribution in [-0.4, -0.2) is 22.2 Å². The van der Waals surface area contributed by atoms with Crippen LogP contribution in [0.15, 0.2) is 42.7 Å². The van der Waals surface area contributed by atoms with Crippen molar-refractivity contribution >= 4 is 11.6 Å². The molecule has 0 fully saturated rings. The van der Waals surface area contributed by atoms with Gasteiger partial charge in [-0.15, -0.1) is 0 Å². The highest BCUT2D eigenvalue weighted by Crippen LogP contribution is 2.14. The van der Waals surface area contributed by atoms with E-state index >= 15 is 0 Å². The predicted octanol–water partition coefficient (Wildman–Crippen LogP) is 1.41. The molecule has 0 bridgehead atoms. The molecule has 1 aromatic heterocycles. The van der Waals surface area contributed by atoms with Crippen LogP contribution in [0.2, 0.25) is 0 Å². The van der Waals surface area contributed by atoms with E-state index in [1.165, 1.54) is 0 Å². The number of benzene rings is 1. The lowest BCUT2D eigenvalue weighted by atomic mass is 10.1. The van der Waals surface area contributed by atoms with Gasteiger partial charge in [0.15, 0.2) is 0 Å². The van der Waals surface area contributed by atoms with Crippen LogP contribution in [0.5, 0.6) is 0 Å². The molecule has 0 spiro atoms. The molecule has 5 heteroatoms. The lowest BCUT2D eigenvalue weighted by Crippen LogP contribution is -2.26. The van der Waals surface area contributed by atoms with Gasteiger partial charge < -0.3 is 11.1 Å². The Kier molecular flexibility index (Phi) is 3.74. The third-order valence-corrected chi connectivity index (χ3v) is 2.68.